The summed E-state index contributed by atoms with van der Waals surface area (Å²) < 4.78 is 39.4. The quantitative estimate of drug-likeness (QED) is 0.283. The zero-order valence-electron chi connectivity index (χ0n) is 22.0. The number of carbonyl (C=O) groups excluding carboxylic acids is 1. The van der Waals surface area contributed by atoms with Crippen molar-refractivity contribution in [2.75, 3.05) is 14.2 Å². The molecule has 3 N–H and O–H groups in total. The van der Waals surface area contributed by atoms with Crippen LogP contribution in [0.3, 0.4) is 0 Å². The normalized spacial score (nSPS) is 15.7. The van der Waals surface area contributed by atoms with Gasteiger partial charge in [0.1, 0.15) is 6.04 Å². The fourth-order valence-corrected chi connectivity index (χ4v) is 6.68. The highest BCUT2D eigenvalue weighted by molar-refractivity contribution is 7.89. The lowest BCUT2D eigenvalue weighted by atomic mass is 9.95. The predicted octanol–water partition coefficient (Wildman–Crippen LogP) is 3.11. The third-order valence-electron chi connectivity index (χ3n) is 7.16. The number of amides is 1. The topological polar surface area (TPSA) is 138 Å². The highest BCUT2D eigenvalue weighted by atomic mass is 32.2. The van der Waals surface area contributed by atoms with Gasteiger partial charge in [-0.1, -0.05) is 42.5 Å². The first-order chi connectivity index (χ1) is 19.2. The van der Waals surface area contributed by atoms with E-state index in [1.807, 2.05) is 48.5 Å². The van der Waals surface area contributed by atoms with E-state index in [0.29, 0.717) is 22.2 Å². The smallest absolute Gasteiger partial charge is 0.328 e. The molecule has 2 heterocycles. The summed E-state index contributed by atoms with van der Waals surface area (Å²) in [5.74, 6) is -1.88. The SMILES string of the molecule is COc1ccc(S(=O)(=O)N(C(=O)[C@@H]2Cc3ccccc3CN2)[C@@H](Cc2c[nH]c3ccccc23)C(=O)O)cc1OC. The van der Waals surface area contributed by atoms with Crippen LogP contribution in [0, 0.1) is 0 Å². The minimum absolute atomic E-state index is 0.129. The molecule has 1 aromatic heterocycles. The number of hydrogen-bond donors (Lipinski definition) is 3. The molecule has 1 aliphatic rings. The van der Waals surface area contributed by atoms with E-state index in [2.05, 4.69) is 10.3 Å². The number of nitrogens with one attached hydrogen (secondary N) is 2. The Hall–Kier alpha value is -4.35. The van der Waals surface area contributed by atoms with Crippen LogP contribution in [0.4, 0.5) is 0 Å². The molecule has 0 spiro atoms. The van der Waals surface area contributed by atoms with Gasteiger partial charge in [0.25, 0.3) is 15.9 Å². The lowest BCUT2D eigenvalue weighted by Crippen LogP contribution is -2.57. The maximum absolute atomic E-state index is 14.2. The van der Waals surface area contributed by atoms with Crippen LogP contribution in [-0.2, 0) is 39.0 Å². The van der Waals surface area contributed by atoms with Crippen molar-refractivity contribution in [2.24, 2.45) is 0 Å². The number of methoxy groups -OCH3 is 2. The Balaban J connectivity index is 1.60. The van der Waals surface area contributed by atoms with Crippen LogP contribution in [0.1, 0.15) is 16.7 Å². The van der Waals surface area contributed by atoms with E-state index < -0.39 is 34.0 Å². The number of rotatable bonds is 9. The average Bonchev–Trinajstić information content (AvgIpc) is 3.38. The van der Waals surface area contributed by atoms with Gasteiger partial charge in [0.05, 0.1) is 25.2 Å². The van der Waals surface area contributed by atoms with E-state index >= 15 is 0 Å². The summed E-state index contributed by atoms with van der Waals surface area (Å²) in [7, 11) is -1.90. The number of sulfonamides is 1. The first-order valence-corrected chi connectivity index (χ1v) is 14.1. The Morgan fingerprint density at radius 1 is 1.00 bits per heavy atom. The van der Waals surface area contributed by atoms with Gasteiger partial charge < -0.3 is 24.9 Å². The monoisotopic (exact) mass is 563 g/mol. The van der Waals surface area contributed by atoms with Crippen LogP contribution in [-0.4, -0.2) is 61.0 Å². The Bertz CT molecular complexity index is 1680. The number of benzene rings is 3. The van der Waals surface area contributed by atoms with Crippen molar-refractivity contribution < 1.29 is 32.6 Å². The molecule has 5 rings (SSSR count). The van der Waals surface area contributed by atoms with E-state index in [4.69, 9.17) is 9.47 Å². The van der Waals surface area contributed by atoms with Gasteiger partial charge in [-0.15, -0.1) is 0 Å². The Kier molecular flexibility index (Phi) is 7.51. The summed E-state index contributed by atoms with van der Waals surface area (Å²) in [4.78, 5) is 29.7. The first kappa shape index (κ1) is 27.2. The second-order valence-corrected chi connectivity index (χ2v) is 11.3. The Morgan fingerprint density at radius 3 is 2.42 bits per heavy atom. The molecule has 0 saturated heterocycles. The summed E-state index contributed by atoms with van der Waals surface area (Å²) in [6.45, 7) is 0.344. The van der Waals surface area contributed by atoms with E-state index in [-0.39, 0.29) is 23.5 Å². The predicted molar refractivity (Wildman–Crippen MR) is 148 cm³/mol. The number of carboxylic acids is 1. The molecule has 0 bridgehead atoms. The van der Waals surface area contributed by atoms with Crippen LogP contribution in [0.15, 0.2) is 77.8 Å². The molecule has 3 aromatic carbocycles. The van der Waals surface area contributed by atoms with Crippen molar-refractivity contribution in [1.29, 1.82) is 0 Å². The highest BCUT2D eigenvalue weighted by Crippen LogP contribution is 2.33. The summed E-state index contributed by atoms with van der Waals surface area (Å²) in [6.07, 6.45) is 1.62. The minimum Gasteiger partial charge on any atom is -0.493 e. The molecule has 0 aliphatic carbocycles. The summed E-state index contributed by atoms with van der Waals surface area (Å²) in [6, 6.07) is 16.1. The molecule has 0 saturated carbocycles. The lowest BCUT2D eigenvalue weighted by Gasteiger charge is -2.33. The van der Waals surface area contributed by atoms with Gasteiger partial charge in [-0.25, -0.2) is 17.5 Å². The molecule has 40 heavy (non-hydrogen) atoms. The number of carboxylic acid groups (broad SMARTS) is 1. The third kappa shape index (κ3) is 5.01. The van der Waals surface area contributed by atoms with Crippen LogP contribution < -0.4 is 14.8 Å². The number of fused-ring (bicyclic) bond motifs is 2. The van der Waals surface area contributed by atoms with Gasteiger partial charge in [0.2, 0.25) is 0 Å². The van der Waals surface area contributed by atoms with E-state index in [0.717, 1.165) is 22.0 Å². The number of carbonyl (C=O) groups is 2. The zero-order chi connectivity index (χ0) is 28.4. The first-order valence-electron chi connectivity index (χ1n) is 12.6. The Labute approximate surface area is 231 Å². The highest BCUT2D eigenvalue weighted by Gasteiger charge is 2.43. The molecule has 2 atom stereocenters. The molecular formula is C29H29N3O7S. The molecule has 1 amide bonds. The number of aromatic amines is 1. The number of aromatic nitrogens is 1. The van der Waals surface area contributed by atoms with Gasteiger partial charge in [-0.05, 0) is 41.3 Å². The molecule has 0 radical (unpaired) electrons. The molecule has 208 valence electrons. The van der Waals surface area contributed by atoms with Crippen molar-refractivity contribution >= 4 is 32.8 Å². The zero-order valence-corrected chi connectivity index (χ0v) is 22.8. The van der Waals surface area contributed by atoms with E-state index in [1.54, 1.807) is 6.20 Å². The van der Waals surface area contributed by atoms with Crippen molar-refractivity contribution in [3.05, 3.63) is 89.6 Å². The molecule has 1 aliphatic heterocycles. The van der Waals surface area contributed by atoms with Crippen LogP contribution >= 0.6 is 0 Å². The van der Waals surface area contributed by atoms with E-state index in [9.17, 15) is 23.1 Å². The number of hydrogen-bond acceptors (Lipinski definition) is 7. The van der Waals surface area contributed by atoms with Crippen molar-refractivity contribution in [2.45, 2.75) is 36.4 Å². The van der Waals surface area contributed by atoms with Crippen LogP contribution in [0.5, 0.6) is 11.5 Å². The van der Waals surface area contributed by atoms with Gasteiger partial charge >= 0.3 is 5.97 Å². The van der Waals surface area contributed by atoms with Crippen molar-refractivity contribution in [3.63, 3.8) is 0 Å². The van der Waals surface area contributed by atoms with Crippen molar-refractivity contribution in [1.82, 2.24) is 14.6 Å². The second-order valence-electron chi connectivity index (χ2n) is 9.48. The number of H-pyrrole nitrogens is 1. The fourth-order valence-electron chi connectivity index (χ4n) is 5.09. The average molecular weight is 564 g/mol. The largest absolute Gasteiger partial charge is 0.493 e. The number of nitrogens with zero attached hydrogens (tertiary/aromatic N) is 1. The molecule has 11 heteroatoms. The maximum atomic E-state index is 14.2. The van der Waals surface area contributed by atoms with Crippen LogP contribution in [0.2, 0.25) is 0 Å². The van der Waals surface area contributed by atoms with Gasteiger partial charge in [-0.2, -0.15) is 0 Å². The maximum Gasteiger partial charge on any atom is 0.328 e. The second kappa shape index (κ2) is 11.0. The van der Waals surface area contributed by atoms with Crippen molar-refractivity contribution in [3.8, 4) is 11.5 Å². The standard InChI is InChI=1S/C29H29N3O7S/c1-38-26-12-11-21(15-27(26)39-2)40(36,37)32(28(33)24-13-18-7-3-4-8-19(18)16-31-24)25(29(34)35)14-20-17-30-23-10-6-5-9-22(20)23/h3-12,15,17,24-25,30-31H,13-14,16H2,1-2H3,(H,34,35)/t24-,25-/m0/s1. The number of ether oxygens (including phenoxy) is 2. The molecule has 10 nitrogen and oxygen atoms in total. The molecular weight excluding hydrogens is 534 g/mol. The molecule has 0 fully saturated rings. The number of para-hydroxylation sites is 1. The summed E-state index contributed by atoms with van der Waals surface area (Å²) in [5.41, 5.74) is 3.24. The molecule has 0 unspecified atom stereocenters. The Morgan fingerprint density at radius 2 is 1.70 bits per heavy atom. The van der Waals surface area contributed by atoms with E-state index in [1.165, 1.54) is 32.4 Å². The summed E-state index contributed by atoms with van der Waals surface area (Å²) >= 11 is 0. The lowest BCUT2D eigenvalue weighted by molar-refractivity contribution is -0.146. The minimum atomic E-state index is -4.67. The summed E-state index contributed by atoms with van der Waals surface area (Å²) in [5, 5.41) is 14.2. The van der Waals surface area contributed by atoms with Gasteiger partial charge in [-0.3, -0.25) is 4.79 Å². The fraction of sp³-hybridized carbons (Fsp3) is 0.241. The molecule has 4 aromatic rings. The van der Waals surface area contributed by atoms with Crippen LogP contribution in [0.25, 0.3) is 10.9 Å². The third-order valence-corrected chi connectivity index (χ3v) is 8.97. The van der Waals surface area contributed by atoms with Gasteiger partial charge in [0, 0.05) is 36.1 Å². The number of aliphatic carboxylic acids is 1. The van der Waals surface area contributed by atoms with Gasteiger partial charge in [0.15, 0.2) is 11.5 Å².